The molecule has 7 heteroatoms. The van der Waals surface area contributed by atoms with Crippen molar-refractivity contribution in [2.45, 2.75) is 26.2 Å². The van der Waals surface area contributed by atoms with Gasteiger partial charge in [0.1, 0.15) is 0 Å². The Kier molecular flexibility index (Phi) is 5.55. The molecule has 1 atom stereocenters. The summed E-state index contributed by atoms with van der Waals surface area (Å²) < 4.78 is 7.35. The van der Waals surface area contributed by atoms with Gasteiger partial charge in [0.05, 0.1) is 24.4 Å². The molecule has 3 rings (SSSR count). The highest BCUT2D eigenvalue weighted by Gasteiger charge is 2.31. The average Bonchev–Trinajstić information content (AvgIpc) is 3.10. The molecule has 1 aliphatic rings. The first kappa shape index (κ1) is 18.0. The smallest absolute Gasteiger partial charge is 0.308 e. The number of rotatable bonds is 6. The molecule has 138 valence electrons. The van der Waals surface area contributed by atoms with Crippen LogP contribution >= 0.6 is 0 Å². The van der Waals surface area contributed by atoms with Crippen LogP contribution in [0, 0.1) is 5.92 Å². The number of piperidine rings is 1. The molecule has 0 aliphatic carbocycles. The molecule has 1 aromatic carbocycles. The van der Waals surface area contributed by atoms with Gasteiger partial charge in [0.25, 0.3) is 5.91 Å². The van der Waals surface area contributed by atoms with Crippen LogP contribution in [-0.4, -0.2) is 51.4 Å². The summed E-state index contributed by atoms with van der Waals surface area (Å²) in [5, 5.41) is 13.7. The topological polar surface area (TPSA) is 84.7 Å². The minimum atomic E-state index is -0.861. The summed E-state index contributed by atoms with van der Waals surface area (Å²) in [7, 11) is 0. The number of hydrogen-bond acceptors (Lipinski definition) is 4. The monoisotopic (exact) mass is 357 g/mol. The maximum absolute atomic E-state index is 13.0. The number of aliphatic carboxylic acids is 1. The molecule has 1 aliphatic heterocycles. The molecule has 0 bridgehead atoms. The van der Waals surface area contributed by atoms with E-state index in [0.717, 1.165) is 12.1 Å². The van der Waals surface area contributed by atoms with Crippen molar-refractivity contribution in [2.75, 3.05) is 19.7 Å². The van der Waals surface area contributed by atoms with Gasteiger partial charge in [0, 0.05) is 13.1 Å². The molecule has 2 heterocycles. The number of likely N-dealkylation sites (tertiary alicyclic amines) is 1. The number of carboxylic acid groups (broad SMARTS) is 1. The van der Waals surface area contributed by atoms with E-state index in [1.807, 2.05) is 37.3 Å². The Morgan fingerprint density at radius 3 is 2.77 bits per heavy atom. The van der Waals surface area contributed by atoms with Gasteiger partial charge >= 0.3 is 5.97 Å². The second-order valence-electron chi connectivity index (χ2n) is 6.40. The maximum atomic E-state index is 13.0. The van der Waals surface area contributed by atoms with Crippen LogP contribution in [0.25, 0.3) is 5.69 Å². The third-order valence-electron chi connectivity index (χ3n) is 4.42. The maximum Gasteiger partial charge on any atom is 0.308 e. The van der Waals surface area contributed by atoms with Gasteiger partial charge in [-0.25, -0.2) is 4.68 Å². The Bertz CT molecular complexity index is 772. The summed E-state index contributed by atoms with van der Waals surface area (Å²) in [6, 6.07) is 9.49. The zero-order valence-electron chi connectivity index (χ0n) is 14.8. The summed E-state index contributed by atoms with van der Waals surface area (Å²) >= 11 is 0. The van der Waals surface area contributed by atoms with Crippen LogP contribution in [0.4, 0.5) is 0 Å². The fourth-order valence-electron chi connectivity index (χ4n) is 3.05. The van der Waals surface area contributed by atoms with Gasteiger partial charge in [0.15, 0.2) is 11.4 Å². The molecule has 1 amide bonds. The normalized spacial score (nSPS) is 17.1. The van der Waals surface area contributed by atoms with E-state index >= 15 is 0 Å². The van der Waals surface area contributed by atoms with Crippen molar-refractivity contribution in [3.63, 3.8) is 0 Å². The first-order chi connectivity index (χ1) is 12.6. The standard InChI is InChI=1S/C19H23N3O4/c1-2-11-26-16-13-22(15-8-4-3-5-9-15)20-17(16)18(23)21-10-6-7-14(12-21)19(24)25/h3-5,8-9,13-14H,2,6-7,10-12H2,1H3,(H,24,25). The Balaban J connectivity index is 1.88. The molecule has 0 spiro atoms. The highest BCUT2D eigenvalue weighted by molar-refractivity contribution is 5.95. The van der Waals surface area contributed by atoms with Crippen LogP contribution in [0.5, 0.6) is 5.75 Å². The average molecular weight is 357 g/mol. The lowest BCUT2D eigenvalue weighted by molar-refractivity contribution is -0.143. The Morgan fingerprint density at radius 1 is 1.31 bits per heavy atom. The van der Waals surface area contributed by atoms with E-state index < -0.39 is 11.9 Å². The van der Waals surface area contributed by atoms with Gasteiger partial charge in [-0.15, -0.1) is 0 Å². The molecular formula is C19H23N3O4. The molecule has 7 nitrogen and oxygen atoms in total. The van der Waals surface area contributed by atoms with Crippen LogP contribution in [0.2, 0.25) is 0 Å². The molecule has 1 saturated heterocycles. The number of benzene rings is 1. The second kappa shape index (κ2) is 8.03. The van der Waals surface area contributed by atoms with Crippen LogP contribution in [0.3, 0.4) is 0 Å². The molecule has 26 heavy (non-hydrogen) atoms. The molecule has 1 unspecified atom stereocenters. The number of carboxylic acids is 1. The van der Waals surface area contributed by atoms with Gasteiger partial charge in [-0.3, -0.25) is 9.59 Å². The van der Waals surface area contributed by atoms with Crippen molar-refractivity contribution in [1.82, 2.24) is 14.7 Å². The third kappa shape index (κ3) is 3.87. The lowest BCUT2D eigenvalue weighted by Crippen LogP contribution is -2.42. The fourth-order valence-corrected chi connectivity index (χ4v) is 3.05. The minimum Gasteiger partial charge on any atom is -0.489 e. The van der Waals surface area contributed by atoms with Gasteiger partial charge in [-0.2, -0.15) is 5.10 Å². The van der Waals surface area contributed by atoms with E-state index in [2.05, 4.69) is 5.10 Å². The number of amides is 1. The van der Waals surface area contributed by atoms with Crippen LogP contribution in [0.15, 0.2) is 36.5 Å². The van der Waals surface area contributed by atoms with E-state index in [0.29, 0.717) is 31.7 Å². The molecule has 1 aromatic heterocycles. The number of carbonyl (C=O) groups is 2. The molecular weight excluding hydrogens is 334 g/mol. The number of nitrogens with zero attached hydrogens (tertiary/aromatic N) is 3. The van der Waals surface area contributed by atoms with E-state index in [1.165, 1.54) is 0 Å². The summed E-state index contributed by atoms with van der Waals surface area (Å²) in [4.78, 5) is 25.8. The van der Waals surface area contributed by atoms with Crippen molar-refractivity contribution >= 4 is 11.9 Å². The number of carbonyl (C=O) groups excluding carboxylic acids is 1. The van der Waals surface area contributed by atoms with Crippen molar-refractivity contribution in [2.24, 2.45) is 5.92 Å². The first-order valence-corrected chi connectivity index (χ1v) is 8.90. The SMILES string of the molecule is CCCOc1cn(-c2ccccc2)nc1C(=O)N1CCCC(C(=O)O)C1. The van der Waals surface area contributed by atoms with Gasteiger partial charge < -0.3 is 14.7 Å². The zero-order chi connectivity index (χ0) is 18.5. The number of para-hydroxylation sites is 1. The van der Waals surface area contributed by atoms with Gasteiger partial charge in [-0.05, 0) is 31.4 Å². The fraction of sp³-hybridized carbons (Fsp3) is 0.421. The largest absolute Gasteiger partial charge is 0.489 e. The summed E-state index contributed by atoms with van der Waals surface area (Å²) in [6.45, 7) is 3.22. The molecule has 0 radical (unpaired) electrons. The quantitative estimate of drug-likeness (QED) is 0.859. The Hall–Kier alpha value is -2.83. The van der Waals surface area contributed by atoms with E-state index in [9.17, 15) is 14.7 Å². The predicted octanol–water partition coefficient (Wildman–Crippen LogP) is 2.60. The van der Waals surface area contributed by atoms with Crippen LogP contribution < -0.4 is 4.74 Å². The molecule has 1 fully saturated rings. The van der Waals surface area contributed by atoms with Crippen LogP contribution in [-0.2, 0) is 4.79 Å². The van der Waals surface area contributed by atoms with Crippen LogP contribution in [0.1, 0.15) is 36.7 Å². The number of hydrogen-bond donors (Lipinski definition) is 1. The summed E-state index contributed by atoms with van der Waals surface area (Å²) in [5.74, 6) is -1.24. The molecule has 2 aromatic rings. The Morgan fingerprint density at radius 2 is 2.08 bits per heavy atom. The van der Waals surface area contributed by atoms with Gasteiger partial charge in [-0.1, -0.05) is 25.1 Å². The molecule has 1 N–H and O–H groups in total. The minimum absolute atomic E-state index is 0.208. The third-order valence-corrected chi connectivity index (χ3v) is 4.42. The summed E-state index contributed by atoms with van der Waals surface area (Å²) in [6.07, 6.45) is 3.79. The van der Waals surface area contributed by atoms with E-state index in [1.54, 1.807) is 15.8 Å². The van der Waals surface area contributed by atoms with Crippen molar-refractivity contribution in [1.29, 1.82) is 0 Å². The number of ether oxygens (including phenoxy) is 1. The highest BCUT2D eigenvalue weighted by Crippen LogP contribution is 2.25. The highest BCUT2D eigenvalue weighted by atomic mass is 16.5. The second-order valence-corrected chi connectivity index (χ2v) is 6.40. The van der Waals surface area contributed by atoms with E-state index in [-0.39, 0.29) is 18.1 Å². The summed E-state index contributed by atoms with van der Waals surface area (Å²) in [5.41, 5.74) is 1.06. The predicted molar refractivity (Wildman–Crippen MR) is 95.6 cm³/mol. The lowest BCUT2D eigenvalue weighted by atomic mass is 9.98. The lowest BCUT2D eigenvalue weighted by Gasteiger charge is -2.30. The van der Waals surface area contributed by atoms with Crippen molar-refractivity contribution in [3.05, 3.63) is 42.2 Å². The Labute approximate surface area is 152 Å². The van der Waals surface area contributed by atoms with Crippen molar-refractivity contribution < 1.29 is 19.4 Å². The zero-order valence-corrected chi connectivity index (χ0v) is 14.8. The van der Waals surface area contributed by atoms with Gasteiger partial charge in [0.2, 0.25) is 0 Å². The van der Waals surface area contributed by atoms with E-state index in [4.69, 9.17) is 4.74 Å². The first-order valence-electron chi connectivity index (χ1n) is 8.90. The van der Waals surface area contributed by atoms with Crippen molar-refractivity contribution in [3.8, 4) is 11.4 Å². The number of aromatic nitrogens is 2. The molecule has 0 saturated carbocycles.